The van der Waals surface area contributed by atoms with Gasteiger partial charge in [-0.05, 0) is 78.6 Å². The average molecular weight is 492 g/mol. The molecule has 0 fully saturated rings. The molecule has 1 unspecified atom stereocenters. The van der Waals surface area contributed by atoms with Crippen LogP contribution in [0.1, 0.15) is 48.1 Å². The summed E-state index contributed by atoms with van der Waals surface area (Å²) in [7, 11) is 0. The lowest BCUT2D eigenvalue weighted by Crippen LogP contribution is -2.11. The van der Waals surface area contributed by atoms with Crippen molar-refractivity contribution in [2.75, 3.05) is 5.32 Å². The van der Waals surface area contributed by atoms with E-state index in [-0.39, 0.29) is 18.3 Å². The number of ether oxygens (including phenoxy) is 1. The third-order valence-electron chi connectivity index (χ3n) is 5.50. The van der Waals surface area contributed by atoms with Crippen molar-refractivity contribution in [2.24, 2.45) is 0 Å². The Hall–Kier alpha value is -3.15. The van der Waals surface area contributed by atoms with E-state index in [1.807, 2.05) is 60.7 Å². The Labute approximate surface area is 209 Å². The van der Waals surface area contributed by atoms with Crippen LogP contribution in [0.5, 0.6) is 5.75 Å². The van der Waals surface area contributed by atoms with Crippen molar-refractivity contribution in [3.63, 3.8) is 0 Å². The molecule has 0 bridgehead atoms. The third kappa shape index (κ3) is 6.25. The summed E-state index contributed by atoms with van der Waals surface area (Å²) in [6.07, 6.45) is 1.10. The van der Waals surface area contributed by atoms with Crippen molar-refractivity contribution >= 4 is 35.0 Å². The highest BCUT2D eigenvalue weighted by molar-refractivity contribution is 7.99. The number of benzene rings is 3. The van der Waals surface area contributed by atoms with E-state index < -0.39 is 0 Å². The van der Waals surface area contributed by atoms with Gasteiger partial charge in [-0.1, -0.05) is 61.5 Å². The summed E-state index contributed by atoms with van der Waals surface area (Å²) in [5.41, 5.74) is 2.00. The number of amides is 1. The van der Waals surface area contributed by atoms with Crippen molar-refractivity contribution in [3.05, 3.63) is 107 Å². The van der Waals surface area contributed by atoms with Gasteiger partial charge in [-0.25, -0.2) is 0 Å². The fraction of sp³-hybridized carbons (Fsp3) is 0.179. The van der Waals surface area contributed by atoms with Gasteiger partial charge < -0.3 is 14.5 Å². The summed E-state index contributed by atoms with van der Waals surface area (Å²) in [5.74, 6) is 1.79. The Morgan fingerprint density at radius 2 is 1.74 bits per heavy atom. The summed E-state index contributed by atoms with van der Waals surface area (Å²) in [4.78, 5) is 14.8. The molecule has 0 aliphatic rings. The minimum absolute atomic E-state index is 0.233. The minimum Gasteiger partial charge on any atom is -0.486 e. The van der Waals surface area contributed by atoms with Gasteiger partial charge in [-0.2, -0.15) is 0 Å². The summed E-state index contributed by atoms with van der Waals surface area (Å²) >= 11 is 7.53. The predicted molar refractivity (Wildman–Crippen MR) is 138 cm³/mol. The monoisotopic (exact) mass is 491 g/mol. The van der Waals surface area contributed by atoms with Gasteiger partial charge in [-0.15, -0.1) is 0 Å². The third-order valence-corrected chi connectivity index (χ3v) is 6.84. The van der Waals surface area contributed by atoms with Crippen LogP contribution in [0, 0.1) is 0 Å². The molecular formula is C28H26ClNO3S. The number of carbonyl (C=O) groups excluding carboxylic acids is 1. The number of nitrogens with one attached hydrogen (secondary N) is 1. The Bertz CT molecular complexity index is 1240. The zero-order valence-electron chi connectivity index (χ0n) is 19.1. The molecule has 4 rings (SSSR count). The molecular weight excluding hydrogens is 466 g/mol. The van der Waals surface area contributed by atoms with Crippen LogP contribution >= 0.6 is 23.4 Å². The average Bonchev–Trinajstić information content (AvgIpc) is 3.34. The van der Waals surface area contributed by atoms with Gasteiger partial charge in [0.25, 0.3) is 5.91 Å². The molecule has 1 N–H and O–H groups in total. The Morgan fingerprint density at radius 3 is 2.47 bits per heavy atom. The molecule has 6 heteroatoms. The lowest BCUT2D eigenvalue weighted by atomic mass is 9.99. The predicted octanol–water partition coefficient (Wildman–Crippen LogP) is 8.43. The first-order valence-corrected chi connectivity index (χ1v) is 12.4. The highest BCUT2D eigenvalue weighted by Gasteiger charge is 2.14. The van der Waals surface area contributed by atoms with E-state index in [1.165, 1.54) is 5.56 Å². The van der Waals surface area contributed by atoms with Crippen LogP contribution in [-0.4, -0.2) is 5.91 Å². The van der Waals surface area contributed by atoms with Crippen LogP contribution < -0.4 is 10.1 Å². The van der Waals surface area contributed by atoms with Crippen LogP contribution in [0.25, 0.3) is 0 Å². The first-order chi connectivity index (χ1) is 16.5. The molecule has 1 amide bonds. The van der Waals surface area contributed by atoms with Crippen molar-refractivity contribution in [1.82, 2.24) is 0 Å². The first-order valence-electron chi connectivity index (χ1n) is 11.2. The maximum absolute atomic E-state index is 12.8. The number of carbonyl (C=O) groups is 1. The summed E-state index contributed by atoms with van der Waals surface area (Å²) in [6.45, 7) is 4.63. The molecule has 1 aromatic heterocycles. The van der Waals surface area contributed by atoms with Gasteiger partial charge in [0.05, 0.1) is 5.69 Å². The van der Waals surface area contributed by atoms with E-state index in [0.717, 1.165) is 22.0 Å². The topological polar surface area (TPSA) is 51.5 Å². The van der Waals surface area contributed by atoms with Crippen molar-refractivity contribution in [1.29, 1.82) is 0 Å². The number of furan rings is 1. The fourth-order valence-electron chi connectivity index (χ4n) is 3.33. The van der Waals surface area contributed by atoms with E-state index in [4.69, 9.17) is 20.8 Å². The second-order valence-corrected chi connectivity index (χ2v) is 9.49. The number of hydrogen-bond acceptors (Lipinski definition) is 4. The molecule has 3 aromatic carbocycles. The van der Waals surface area contributed by atoms with Crippen LogP contribution in [0.2, 0.25) is 5.02 Å². The second-order valence-electron chi connectivity index (χ2n) is 7.94. The summed E-state index contributed by atoms with van der Waals surface area (Å²) < 4.78 is 11.6. The Kier molecular flexibility index (Phi) is 7.99. The SMILES string of the molecule is CCC(C)c1ccc(OCc2ccc(C(=O)Nc3ccccc3Sc3ccc(Cl)cc3)o2)cc1. The number of halogens is 1. The van der Waals surface area contributed by atoms with E-state index >= 15 is 0 Å². The lowest BCUT2D eigenvalue weighted by molar-refractivity contribution is 0.0992. The number of hydrogen-bond donors (Lipinski definition) is 1. The van der Waals surface area contributed by atoms with Gasteiger partial charge >= 0.3 is 0 Å². The first kappa shape index (κ1) is 24.0. The van der Waals surface area contributed by atoms with E-state index in [2.05, 4.69) is 31.3 Å². The highest BCUT2D eigenvalue weighted by Crippen LogP contribution is 2.34. The molecule has 174 valence electrons. The Morgan fingerprint density at radius 1 is 1.00 bits per heavy atom. The van der Waals surface area contributed by atoms with Crippen LogP contribution in [0.15, 0.2) is 99.1 Å². The molecule has 34 heavy (non-hydrogen) atoms. The van der Waals surface area contributed by atoms with Crippen molar-refractivity contribution < 1.29 is 13.9 Å². The van der Waals surface area contributed by atoms with Crippen LogP contribution in [-0.2, 0) is 6.61 Å². The number of para-hydroxylation sites is 1. The van der Waals surface area contributed by atoms with E-state index in [0.29, 0.717) is 22.4 Å². The Balaban J connectivity index is 1.37. The largest absolute Gasteiger partial charge is 0.486 e. The van der Waals surface area contributed by atoms with Crippen molar-refractivity contribution in [3.8, 4) is 5.75 Å². The summed E-state index contributed by atoms with van der Waals surface area (Å²) in [5, 5.41) is 3.63. The van der Waals surface area contributed by atoms with Gasteiger partial charge in [0.2, 0.25) is 0 Å². The van der Waals surface area contributed by atoms with Crippen molar-refractivity contribution in [2.45, 2.75) is 42.6 Å². The molecule has 0 saturated heterocycles. The molecule has 0 spiro atoms. The fourth-order valence-corrected chi connectivity index (χ4v) is 4.36. The standard InChI is InChI=1S/C28H26ClNO3S/c1-3-19(2)20-8-12-22(13-9-20)32-18-23-14-17-26(33-23)28(31)30-25-6-4-5-7-27(25)34-24-15-10-21(29)11-16-24/h4-17,19H,3,18H2,1-2H3,(H,30,31). The maximum atomic E-state index is 12.8. The van der Waals surface area contributed by atoms with Gasteiger partial charge in [-0.3, -0.25) is 4.79 Å². The van der Waals surface area contributed by atoms with Crippen LogP contribution in [0.3, 0.4) is 0 Å². The van der Waals surface area contributed by atoms with Gasteiger partial charge in [0, 0.05) is 14.8 Å². The van der Waals surface area contributed by atoms with E-state index in [1.54, 1.807) is 23.9 Å². The van der Waals surface area contributed by atoms with Gasteiger partial charge in [0.15, 0.2) is 5.76 Å². The molecule has 1 atom stereocenters. The number of anilines is 1. The van der Waals surface area contributed by atoms with Crippen LogP contribution in [0.4, 0.5) is 5.69 Å². The molecule has 0 aliphatic carbocycles. The highest BCUT2D eigenvalue weighted by atomic mass is 35.5. The zero-order valence-corrected chi connectivity index (χ0v) is 20.7. The lowest BCUT2D eigenvalue weighted by Gasteiger charge is -2.10. The molecule has 4 aromatic rings. The minimum atomic E-state index is -0.312. The summed E-state index contributed by atoms with van der Waals surface area (Å²) in [6, 6.07) is 26.8. The molecule has 4 nitrogen and oxygen atoms in total. The number of rotatable bonds is 9. The maximum Gasteiger partial charge on any atom is 0.291 e. The molecule has 0 saturated carbocycles. The van der Waals surface area contributed by atoms with Gasteiger partial charge in [0.1, 0.15) is 18.1 Å². The molecule has 1 heterocycles. The molecule has 0 aliphatic heterocycles. The quantitative estimate of drug-likeness (QED) is 0.255. The smallest absolute Gasteiger partial charge is 0.291 e. The van der Waals surface area contributed by atoms with E-state index in [9.17, 15) is 4.79 Å². The second kappa shape index (κ2) is 11.3. The molecule has 0 radical (unpaired) electrons. The normalized spacial score (nSPS) is 11.7. The zero-order chi connectivity index (χ0) is 23.9.